The van der Waals surface area contributed by atoms with Crippen molar-refractivity contribution >= 4 is 17.1 Å². The zero-order valence-corrected chi connectivity index (χ0v) is 11.0. The fraction of sp³-hybridized carbons (Fsp3) is 0.200. The summed E-state index contributed by atoms with van der Waals surface area (Å²) in [5, 5.41) is 0. The summed E-state index contributed by atoms with van der Waals surface area (Å²) >= 11 is 0. The Hall–Kier alpha value is -2.16. The van der Waals surface area contributed by atoms with Crippen molar-refractivity contribution in [1.29, 1.82) is 0 Å². The van der Waals surface area contributed by atoms with E-state index in [1.165, 1.54) is 5.69 Å². The summed E-state index contributed by atoms with van der Waals surface area (Å²) in [7, 11) is 4.06. The number of anilines is 1. The lowest BCUT2D eigenvalue weighted by molar-refractivity contribution is 1.13. The molecular weight excluding hydrogens is 222 g/mol. The van der Waals surface area contributed by atoms with Crippen molar-refractivity contribution in [3.63, 3.8) is 0 Å². The van der Waals surface area contributed by atoms with E-state index in [2.05, 4.69) is 27.0 Å². The molecule has 1 heterocycles. The van der Waals surface area contributed by atoms with Gasteiger partial charge in [0.2, 0.25) is 0 Å². The Morgan fingerprint density at radius 1 is 1.00 bits per heavy atom. The van der Waals surface area contributed by atoms with Gasteiger partial charge in [0, 0.05) is 37.9 Å². The molecule has 0 spiro atoms. The summed E-state index contributed by atoms with van der Waals surface area (Å²) in [5.74, 6) is 0. The lowest BCUT2D eigenvalue weighted by Gasteiger charge is -2.11. The number of aromatic nitrogens is 1. The van der Waals surface area contributed by atoms with Gasteiger partial charge in [-0.3, -0.25) is 9.98 Å². The van der Waals surface area contributed by atoms with Crippen molar-refractivity contribution in [3.05, 3.63) is 54.4 Å². The lowest BCUT2D eigenvalue weighted by atomic mass is 10.2. The van der Waals surface area contributed by atoms with E-state index in [1.807, 2.05) is 45.3 Å². The molecule has 2 aromatic rings. The van der Waals surface area contributed by atoms with E-state index in [1.54, 1.807) is 12.4 Å². The number of hydrogen-bond donors (Lipinski definition) is 0. The Morgan fingerprint density at radius 3 is 2.17 bits per heavy atom. The van der Waals surface area contributed by atoms with Crippen LogP contribution in [0.5, 0.6) is 0 Å². The molecule has 92 valence electrons. The molecule has 0 radical (unpaired) electrons. The maximum absolute atomic E-state index is 4.60. The molecule has 0 N–H and O–H groups in total. The van der Waals surface area contributed by atoms with Gasteiger partial charge in [-0.05, 0) is 48.9 Å². The average molecular weight is 239 g/mol. The van der Waals surface area contributed by atoms with Gasteiger partial charge in [-0.2, -0.15) is 0 Å². The first kappa shape index (κ1) is 12.3. The zero-order chi connectivity index (χ0) is 13.0. The van der Waals surface area contributed by atoms with E-state index in [0.717, 1.165) is 17.0 Å². The Labute approximate surface area is 108 Å². The highest BCUT2D eigenvalue weighted by Gasteiger charge is 1.98. The van der Waals surface area contributed by atoms with E-state index in [-0.39, 0.29) is 0 Å². The Balaban J connectivity index is 2.23. The molecule has 0 aliphatic heterocycles. The maximum Gasteiger partial charge on any atom is 0.0634 e. The Kier molecular flexibility index (Phi) is 3.72. The third kappa shape index (κ3) is 2.94. The van der Waals surface area contributed by atoms with Crippen LogP contribution in [0.15, 0.2) is 53.8 Å². The minimum Gasteiger partial charge on any atom is -0.378 e. The van der Waals surface area contributed by atoms with Crippen molar-refractivity contribution in [1.82, 2.24) is 4.98 Å². The number of hydrogen-bond acceptors (Lipinski definition) is 3. The zero-order valence-electron chi connectivity index (χ0n) is 11.0. The van der Waals surface area contributed by atoms with Crippen LogP contribution in [0.1, 0.15) is 12.5 Å². The summed E-state index contributed by atoms with van der Waals surface area (Å²) in [6, 6.07) is 12.1. The van der Waals surface area contributed by atoms with Gasteiger partial charge in [0.05, 0.1) is 5.69 Å². The molecule has 3 heteroatoms. The van der Waals surface area contributed by atoms with E-state index in [9.17, 15) is 0 Å². The number of rotatable bonds is 3. The summed E-state index contributed by atoms with van der Waals surface area (Å²) in [4.78, 5) is 10.7. The second-order valence-corrected chi connectivity index (χ2v) is 4.34. The van der Waals surface area contributed by atoms with Gasteiger partial charge < -0.3 is 4.90 Å². The third-order valence-corrected chi connectivity index (χ3v) is 2.76. The summed E-state index contributed by atoms with van der Waals surface area (Å²) < 4.78 is 0. The van der Waals surface area contributed by atoms with Crippen LogP contribution in [-0.4, -0.2) is 24.8 Å². The maximum atomic E-state index is 4.60. The van der Waals surface area contributed by atoms with E-state index >= 15 is 0 Å². The molecule has 0 saturated heterocycles. The average Bonchev–Trinajstić information content (AvgIpc) is 2.40. The number of pyridine rings is 1. The van der Waals surface area contributed by atoms with Crippen molar-refractivity contribution < 1.29 is 0 Å². The van der Waals surface area contributed by atoms with Crippen LogP contribution in [0.4, 0.5) is 11.4 Å². The number of benzene rings is 1. The fourth-order valence-corrected chi connectivity index (χ4v) is 1.68. The van der Waals surface area contributed by atoms with Gasteiger partial charge in [0.15, 0.2) is 0 Å². The van der Waals surface area contributed by atoms with Crippen LogP contribution in [-0.2, 0) is 0 Å². The molecule has 0 fully saturated rings. The molecule has 0 bridgehead atoms. The monoisotopic (exact) mass is 239 g/mol. The predicted octanol–water partition coefficient (Wildman–Crippen LogP) is 3.29. The highest BCUT2D eigenvalue weighted by Crippen LogP contribution is 2.19. The topological polar surface area (TPSA) is 28.5 Å². The predicted molar refractivity (Wildman–Crippen MR) is 76.9 cm³/mol. The molecule has 0 aliphatic carbocycles. The van der Waals surface area contributed by atoms with Crippen molar-refractivity contribution in [2.45, 2.75) is 6.92 Å². The molecule has 18 heavy (non-hydrogen) atoms. The largest absolute Gasteiger partial charge is 0.378 e. The molecule has 2 rings (SSSR count). The van der Waals surface area contributed by atoms with Crippen LogP contribution >= 0.6 is 0 Å². The van der Waals surface area contributed by atoms with Crippen LogP contribution in [0.25, 0.3) is 0 Å². The first-order chi connectivity index (χ1) is 8.66. The Morgan fingerprint density at radius 2 is 1.61 bits per heavy atom. The molecule has 3 nitrogen and oxygen atoms in total. The third-order valence-electron chi connectivity index (χ3n) is 2.76. The first-order valence-corrected chi connectivity index (χ1v) is 5.90. The molecule has 0 amide bonds. The van der Waals surface area contributed by atoms with E-state index < -0.39 is 0 Å². The number of nitrogens with zero attached hydrogens (tertiary/aromatic N) is 3. The molecule has 0 unspecified atom stereocenters. The molecular formula is C15H17N3. The Bertz CT molecular complexity index is 527. The first-order valence-electron chi connectivity index (χ1n) is 5.90. The van der Waals surface area contributed by atoms with Gasteiger partial charge in [0.1, 0.15) is 0 Å². The SMILES string of the molecule is CC(=Nc1ccc(N(C)C)cc1)c1ccncc1. The molecule has 1 aromatic carbocycles. The molecule has 0 aliphatic rings. The van der Waals surface area contributed by atoms with Gasteiger partial charge in [-0.15, -0.1) is 0 Å². The van der Waals surface area contributed by atoms with Crippen LogP contribution < -0.4 is 4.90 Å². The van der Waals surface area contributed by atoms with Crippen LogP contribution in [0.3, 0.4) is 0 Å². The van der Waals surface area contributed by atoms with Gasteiger partial charge >= 0.3 is 0 Å². The molecule has 1 aromatic heterocycles. The summed E-state index contributed by atoms with van der Waals surface area (Å²) in [6.45, 7) is 2.01. The second-order valence-electron chi connectivity index (χ2n) is 4.34. The molecule has 0 saturated carbocycles. The van der Waals surface area contributed by atoms with Crippen molar-refractivity contribution in [2.75, 3.05) is 19.0 Å². The minimum absolute atomic E-state index is 0.968. The smallest absolute Gasteiger partial charge is 0.0634 e. The summed E-state index contributed by atoms with van der Waals surface area (Å²) in [6.07, 6.45) is 3.56. The normalized spacial score (nSPS) is 11.4. The summed E-state index contributed by atoms with van der Waals surface area (Å²) in [5.41, 5.74) is 4.24. The van der Waals surface area contributed by atoms with E-state index in [0.29, 0.717) is 0 Å². The second kappa shape index (κ2) is 5.45. The van der Waals surface area contributed by atoms with Crippen LogP contribution in [0, 0.1) is 0 Å². The van der Waals surface area contributed by atoms with Gasteiger partial charge in [-0.25, -0.2) is 0 Å². The fourth-order valence-electron chi connectivity index (χ4n) is 1.68. The quantitative estimate of drug-likeness (QED) is 0.769. The van der Waals surface area contributed by atoms with Crippen molar-refractivity contribution in [3.8, 4) is 0 Å². The van der Waals surface area contributed by atoms with Crippen molar-refractivity contribution in [2.24, 2.45) is 4.99 Å². The molecule has 0 atom stereocenters. The number of aliphatic imine (C=N–C) groups is 1. The highest BCUT2D eigenvalue weighted by atomic mass is 15.1. The standard InChI is InChI=1S/C15H17N3/c1-12(13-8-10-16-11-9-13)17-14-4-6-15(7-5-14)18(2)3/h4-11H,1-3H3. The minimum atomic E-state index is 0.968. The lowest BCUT2D eigenvalue weighted by Crippen LogP contribution is -2.07. The van der Waals surface area contributed by atoms with Crippen LogP contribution in [0.2, 0.25) is 0 Å². The van der Waals surface area contributed by atoms with Gasteiger partial charge in [-0.1, -0.05) is 0 Å². The highest BCUT2D eigenvalue weighted by molar-refractivity contribution is 6.00. The van der Waals surface area contributed by atoms with E-state index in [4.69, 9.17) is 0 Å². The van der Waals surface area contributed by atoms with Gasteiger partial charge in [0.25, 0.3) is 0 Å².